The van der Waals surface area contributed by atoms with Crippen LogP contribution < -0.4 is 0 Å². The van der Waals surface area contributed by atoms with E-state index in [0.29, 0.717) is 0 Å². The van der Waals surface area contributed by atoms with Crippen molar-refractivity contribution in [1.29, 1.82) is 0 Å². The zero-order valence-corrected chi connectivity index (χ0v) is 32.0. The molecule has 0 fully saturated rings. The molecule has 10 rings (SSSR count). The van der Waals surface area contributed by atoms with E-state index in [1.165, 1.54) is 61.5 Å². The van der Waals surface area contributed by atoms with Crippen molar-refractivity contribution in [2.75, 3.05) is 0 Å². The topological polar surface area (TPSA) is 41.6 Å². The van der Waals surface area contributed by atoms with Crippen LogP contribution >= 0.6 is 0 Å². The first-order valence-corrected chi connectivity index (χ1v) is 21.1. The fraction of sp³-hybridized carbons (Fsp3) is 0. The predicted octanol–water partition coefficient (Wildman–Crippen LogP) is 11.8. The fourth-order valence-corrected chi connectivity index (χ4v) is 12.2. The summed E-state index contributed by atoms with van der Waals surface area (Å²) in [5.41, 5.74) is 15.6. The van der Waals surface area contributed by atoms with E-state index in [9.17, 15) is 0 Å². The number of nitrogens with zero attached hydrogens (tertiary/aromatic N) is 2. The van der Waals surface area contributed by atoms with Gasteiger partial charge in [0.2, 0.25) is 0 Å². The summed E-state index contributed by atoms with van der Waals surface area (Å²) in [6.07, 6.45) is 8.78. The Bertz CT molecular complexity index is 2920. The molecule has 0 radical (unpaired) electrons. The molecule has 4 aromatic carbocycles. The molecule has 5 heteroatoms. The van der Waals surface area contributed by atoms with Crippen LogP contribution in [0.3, 0.4) is 0 Å². The standard InChI is InChI=1S/C48H31N3Se2/c1-5-13-31(14-6-1)45-37-23-21-35(49-37)36-22-24-38(50-36)46(32-15-7-2-8-16-32)42-28-30-44(53-42)48(34-19-11-4-12-20-34)40-26-25-39(51-40)47(33-17-9-3-10-18-33)43-29-27-41(45)52-43/h1-30,49H. The van der Waals surface area contributed by atoms with Crippen LogP contribution in [0.2, 0.25) is 0 Å². The number of hydrogen-bond acceptors (Lipinski definition) is 2. The van der Waals surface area contributed by atoms with Crippen LogP contribution in [-0.2, 0) is 0 Å². The Morgan fingerprint density at radius 3 is 1.04 bits per heavy atom. The average molecular weight is 808 g/mol. The minimum atomic E-state index is 0.0124. The molecule has 4 aromatic heterocycles. The van der Waals surface area contributed by atoms with Gasteiger partial charge in [0.1, 0.15) is 0 Å². The number of benzene rings is 4. The van der Waals surface area contributed by atoms with E-state index in [4.69, 9.17) is 9.97 Å². The van der Waals surface area contributed by atoms with E-state index in [2.05, 4.69) is 187 Å². The third-order valence-electron chi connectivity index (χ3n) is 9.73. The van der Waals surface area contributed by atoms with Gasteiger partial charge in [-0.3, -0.25) is 0 Å². The average Bonchev–Trinajstić information content (AvgIpc) is 4.07. The van der Waals surface area contributed by atoms with Gasteiger partial charge in [0.05, 0.1) is 0 Å². The van der Waals surface area contributed by atoms with Gasteiger partial charge < -0.3 is 0 Å². The molecular formula is C48H31N3Se2. The Labute approximate surface area is 319 Å². The van der Waals surface area contributed by atoms with Crippen LogP contribution in [0.1, 0.15) is 22.8 Å². The zero-order valence-electron chi connectivity index (χ0n) is 28.5. The fourth-order valence-electron chi connectivity index (χ4n) is 7.29. The van der Waals surface area contributed by atoms with Gasteiger partial charge in [-0.25, -0.2) is 0 Å². The molecule has 0 aliphatic carbocycles. The van der Waals surface area contributed by atoms with Crippen molar-refractivity contribution in [1.82, 2.24) is 15.0 Å². The van der Waals surface area contributed by atoms with Gasteiger partial charge in [0.15, 0.2) is 0 Å². The van der Waals surface area contributed by atoms with E-state index in [-0.39, 0.29) is 29.0 Å². The van der Waals surface area contributed by atoms with Crippen LogP contribution in [0.25, 0.3) is 96.9 Å². The summed E-state index contributed by atoms with van der Waals surface area (Å²) in [5, 5.41) is 0. The molecule has 0 amide bonds. The second-order valence-electron chi connectivity index (χ2n) is 13.0. The summed E-state index contributed by atoms with van der Waals surface area (Å²) in [6, 6.07) is 56.7. The Balaban J connectivity index is 1.39. The number of H-pyrrole nitrogens is 1. The summed E-state index contributed by atoms with van der Waals surface area (Å²) in [5.74, 6) is 0. The molecule has 0 saturated heterocycles. The van der Waals surface area contributed by atoms with Crippen LogP contribution in [0.5, 0.6) is 0 Å². The molecule has 0 spiro atoms. The second-order valence-corrected chi connectivity index (χ2v) is 17.6. The summed E-state index contributed by atoms with van der Waals surface area (Å²) < 4.78 is 5.27. The van der Waals surface area contributed by atoms with Gasteiger partial charge >= 0.3 is 321 Å². The van der Waals surface area contributed by atoms with Gasteiger partial charge in [-0.15, -0.1) is 0 Å². The van der Waals surface area contributed by atoms with Crippen molar-refractivity contribution in [3.05, 3.63) is 181 Å². The van der Waals surface area contributed by atoms with Crippen molar-refractivity contribution in [3.63, 3.8) is 0 Å². The van der Waals surface area contributed by atoms with E-state index in [1.807, 2.05) is 0 Å². The molecule has 1 N–H and O–H groups in total. The minimum absolute atomic E-state index is 0.0124. The first-order valence-electron chi connectivity index (χ1n) is 17.7. The SMILES string of the molecule is C1=Cc2nc1c(-c1ccccc1)c1ccc([se]1)c(-c1ccccc1)c1nc(c3ccc([nH]3)c(-c3ccccc3)c3ccc([se]3)c2-c2ccccc2)C=C1. The number of fused-ring (bicyclic) bond motifs is 11. The quantitative estimate of drug-likeness (QED) is 0.180. The third kappa shape index (κ3) is 5.95. The molecule has 2 aliphatic rings. The number of rotatable bonds is 4. The van der Waals surface area contributed by atoms with E-state index in [1.54, 1.807) is 0 Å². The van der Waals surface area contributed by atoms with Gasteiger partial charge in [0, 0.05) is 0 Å². The van der Waals surface area contributed by atoms with Crippen LogP contribution in [0.15, 0.2) is 158 Å². The van der Waals surface area contributed by atoms with E-state index >= 15 is 0 Å². The van der Waals surface area contributed by atoms with Gasteiger partial charge in [-0.2, -0.15) is 0 Å². The summed E-state index contributed by atoms with van der Waals surface area (Å²) >= 11 is 0.0370. The van der Waals surface area contributed by atoms with Gasteiger partial charge in [-0.1, -0.05) is 0 Å². The third-order valence-corrected chi connectivity index (χ3v) is 14.4. The Hall–Kier alpha value is -5.80. The molecule has 250 valence electrons. The number of hydrogen-bond donors (Lipinski definition) is 1. The maximum atomic E-state index is 5.50. The summed E-state index contributed by atoms with van der Waals surface area (Å²) in [6.45, 7) is 0. The van der Waals surface area contributed by atoms with E-state index in [0.717, 1.165) is 33.8 Å². The molecule has 2 aliphatic heterocycles. The molecule has 0 atom stereocenters. The van der Waals surface area contributed by atoms with Crippen molar-refractivity contribution >= 4 is 81.4 Å². The molecule has 8 aromatic rings. The van der Waals surface area contributed by atoms with Crippen molar-refractivity contribution in [2.24, 2.45) is 0 Å². The second kappa shape index (κ2) is 13.6. The predicted molar refractivity (Wildman–Crippen MR) is 226 cm³/mol. The molecule has 53 heavy (non-hydrogen) atoms. The van der Waals surface area contributed by atoms with Crippen LogP contribution in [0, 0.1) is 0 Å². The summed E-state index contributed by atoms with van der Waals surface area (Å²) in [7, 11) is 0. The molecule has 6 heterocycles. The Morgan fingerprint density at radius 1 is 0.302 bits per heavy atom. The van der Waals surface area contributed by atoms with Gasteiger partial charge in [0.25, 0.3) is 0 Å². The first kappa shape index (κ1) is 31.9. The molecule has 10 bridgehead atoms. The Kier molecular flexibility index (Phi) is 8.21. The number of nitrogens with one attached hydrogen (secondary N) is 1. The van der Waals surface area contributed by atoms with Crippen LogP contribution in [-0.4, -0.2) is 44.0 Å². The monoisotopic (exact) mass is 809 g/mol. The molecule has 0 unspecified atom stereocenters. The van der Waals surface area contributed by atoms with Gasteiger partial charge in [-0.05, 0) is 0 Å². The van der Waals surface area contributed by atoms with Crippen molar-refractivity contribution in [3.8, 4) is 44.5 Å². The van der Waals surface area contributed by atoms with E-state index < -0.39 is 0 Å². The zero-order chi connectivity index (χ0) is 35.1. The van der Waals surface area contributed by atoms with Crippen molar-refractivity contribution in [2.45, 2.75) is 0 Å². The normalized spacial score (nSPS) is 12.0. The number of aromatic amines is 1. The first-order chi connectivity index (χ1) is 26.3. The molecule has 3 nitrogen and oxygen atoms in total. The van der Waals surface area contributed by atoms with Crippen LogP contribution in [0.4, 0.5) is 0 Å². The molecule has 0 saturated carbocycles. The maximum absolute atomic E-state index is 5.50. The summed E-state index contributed by atoms with van der Waals surface area (Å²) in [4.78, 5) is 14.6. The number of aromatic nitrogens is 3. The van der Waals surface area contributed by atoms with Crippen molar-refractivity contribution < 1.29 is 0 Å². The Morgan fingerprint density at radius 2 is 0.623 bits per heavy atom. The molecular weight excluding hydrogens is 776 g/mol.